The van der Waals surface area contributed by atoms with Crippen molar-refractivity contribution in [2.75, 3.05) is 14.2 Å². The van der Waals surface area contributed by atoms with E-state index in [2.05, 4.69) is 13.8 Å². The van der Waals surface area contributed by atoms with Crippen molar-refractivity contribution in [3.05, 3.63) is 11.6 Å². The molecule has 0 fully saturated rings. The SMILES string of the molecule is CCCC/C=C(/CCCC)C(C(=O)OC)C(=O)OC. The van der Waals surface area contributed by atoms with E-state index in [-0.39, 0.29) is 0 Å². The summed E-state index contributed by atoms with van der Waals surface area (Å²) in [5, 5.41) is 0. The Kier molecular flexibility index (Phi) is 9.85. The first-order valence-electron chi connectivity index (χ1n) is 6.96. The Bertz CT molecular complexity index is 291. The molecule has 0 bridgehead atoms. The quantitative estimate of drug-likeness (QED) is 0.279. The number of unbranched alkanes of at least 4 members (excludes halogenated alkanes) is 3. The van der Waals surface area contributed by atoms with Gasteiger partial charge in [0.2, 0.25) is 0 Å². The van der Waals surface area contributed by atoms with Gasteiger partial charge in [-0.05, 0) is 24.8 Å². The Morgan fingerprint density at radius 3 is 1.95 bits per heavy atom. The summed E-state index contributed by atoms with van der Waals surface area (Å²) in [4.78, 5) is 23.6. The molecule has 0 spiro atoms. The van der Waals surface area contributed by atoms with Gasteiger partial charge in [-0.1, -0.05) is 39.2 Å². The van der Waals surface area contributed by atoms with E-state index in [0.717, 1.165) is 44.1 Å². The third-order valence-electron chi connectivity index (χ3n) is 3.03. The van der Waals surface area contributed by atoms with Crippen molar-refractivity contribution >= 4 is 11.9 Å². The van der Waals surface area contributed by atoms with Gasteiger partial charge in [-0.3, -0.25) is 9.59 Å². The molecular weight excluding hydrogens is 244 g/mol. The fourth-order valence-corrected chi connectivity index (χ4v) is 1.87. The van der Waals surface area contributed by atoms with Crippen LogP contribution < -0.4 is 0 Å². The van der Waals surface area contributed by atoms with Crippen LogP contribution in [0.5, 0.6) is 0 Å². The lowest BCUT2D eigenvalue weighted by Crippen LogP contribution is -2.28. The van der Waals surface area contributed by atoms with Crippen LogP contribution in [0, 0.1) is 5.92 Å². The molecule has 0 rings (SSSR count). The van der Waals surface area contributed by atoms with Gasteiger partial charge in [0.25, 0.3) is 0 Å². The van der Waals surface area contributed by atoms with E-state index in [1.54, 1.807) is 0 Å². The zero-order chi connectivity index (χ0) is 14.7. The molecule has 4 nitrogen and oxygen atoms in total. The summed E-state index contributed by atoms with van der Waals surface area (Å²) in [7, 11) is 2.59. The van der Waals surface area contributed by atoms with Crippen molar-refractivity contribution < 1.29 is 19.1 Å². The maximum absolute atomic E-state index is 11.8. The summed E-state index contributed by atoms with van der Waals surface area (Å²) in [5.41, 5.74) is 0.828. The molecule has 0 aliphatic heterocycles. The minimum atomic E-state index is -0.904. The third kappa shape index (κ3) is 6.41. The summed E-state index contributed by atoms with van der Waals surface area (Å²) in [6, 6.07) is 0. The number of methoxy groups -OCH3 is 2. The fourth-order valence-electron chi connectivity index (χ4n) is 1.87. The van der Waals surface area contributed by atoms with Gasteiger partial charge in [-0.15, -0.1) is 0 Å². The second-order valence-corrected chi connectivity index (χ2v) is 4.50. The summed E-state index contributed by atoms with van der Waals surface area (Å²) in [6.07, 6.45) is 7.69. The molecule has 0 aromatic heterocycles. The predicted octanol–water partition coefficient (Wildman–Crippen LogP) is 3.26. The largest absolute Gasteiger partial charge is 0.468 e. The van der Waals surface area contributed by atoms with E-state index < -0.39 is 17.9 Å². The van der Waals surface area contributed by atoms with Crippen LogP contribution in [0.1, 0.15) is 52.4 Å². The fraction of sp³-hybridized carbons (Fsp3) is 0.733. The van der Waals surface area contributed by atoms with Crippen LogP contribution in [0.4, 0.5) is 0 Å². The van der Waals surface area contributed by atoms with Crippen LogP contribution in [0.2, 0.25) is 0 Å². The van der Waals surface area contributed by atoms with Gasteiger partial charge in [0.15, 0.2) is 5.92 Å². The summed E-state index contributed by atoms with van der Waals surface area (Å²) in [6.45, 7) is 4.19. The molecule has 0 aliphatic carbocycles. The topological polar surface area (TPSA) is 52.6 Å². The normalized spacial score (nSPS) is 11.5. The molecular formula is C15H26O4. The second kappa shape index (κ2) is 10.6. The lowest BCUT2D eigenvalue weighted by atomic mass is 9.93. The maximum Gasteiger partial charge on any atom is 0.324 e. The van der Waals surface area contributed by atoms with Crippen molar-refractivity contribution in [2.45, 2.75) is 52.4 Å². The molecule has 0 saturated carbocycles. The zero-order valence-electron chi connectivity index (χ0n) is 12.5. The lowest BCUT2D eigenvalue weighted by Gasteiger charge is -2.16. The Balaban J connectivity index is 5.04. The Hall–Kier alpha value is -1.32. The third-order valence-corrected chi connectivity index (χ3v) is 3.03. The van der Waals surface area contributed by atoms with E-state index in [0.29, 0.717) is 0 Å². The molecule has 0 heterocycles. The molecule has 19 heavy (non-hydrogen) atoms. The lowest BCUT2D eigenvalue weighted by molar-refractivity contribution is -0.156. The molecule has 0 aromatic carbocycles. The average molecular weight is 270 g/mol. The van der Waals surface area contributed by atoms with Crippen molar-refractivity contribution in [2.24, 2.45) is 5.92 Å². The first-order chi connectivity index (χ1) is 9.12. The van der Waals surface area contributed by atoms with Gasteiger partial charge in [-0.2, -0.15) is 0 Å². The first-order valence-corrected chi connectivity index (χ1v) is 6.96. The summed E-state index contributed by atoms with van der Waals surface area (Å²) in [5.74, 6) is -1.98. The molecule has 0 radical (unpaired) electrons. The first kappa shape index (κ1) is 17.7. The molecule has 110 valence electrons. The van der Waals surface area contributed by atoms with Crippen LogP contribution in [0.3, 0.4) is 0 Å². The number of hydrogen-bond acceptors (Lipinski definition) is 4. The molecule has 0 N–H and O–H groups in total. The van der Waals surface area contributed by atoms with Crippen LogP contribution >= 0.6 is 0 Å². The molecule has 0 amide bonds. The molecule has 0 unspecified atom stereocenters. The van der Waals surface area contributed by atoms with E-state index in [9.17, 15) is 9.59 Å². The highest BCUT2D eigenvalue weighted by atomic mass is 16.5. The molecule has 0 aromatic rings. The highest BCUT2D eigenvalue weighted by Gasteiger charge is 2.31. The predicted molar refractivity (Wildman–Crippen MR) is 74.7 cm³/mol. The molecule has 0 saturated heterocycles. The van der Waals surface area contributed by atoms with Crippen LogP contribution in [-0.2, 0) is 19.1 Å². The van der Waals surface area contributed by atoms with Crippen LogP contribution in [-0.4, -0.2) is 26.2 Å². The summed E-state index contributed by atoms with van der Waals surface area (Å²) >= 11 is 0. The minimum absolute atomic E-state index is 0.536. The van der Waals surface area contributed by atoms with Gasteiger partial charge in [0.1, 0.15) is 0 Å². The average Bonchev–Trinajstić information content (AvgIpc) is 2.43. The Labute approximate surface area is 116 Å². The Morgan fingerprint density at radius 1 is 1.00 bits per heavy atom. The maximum atomic E-state index is 11.8. The highest BCUT2D eigenvalue weighted by Crippen LogP contribution is 2.22. The number of ether oxygens (including phenoxy) is 2. The standard InChI is InChI=1S/C15H26O4/c1-5-7-9-11-12(10-8-6-2)13(14(16)18-3)15(17)19-4/h11,13H,5-10H2,1-4H3/b12-11-. The van der Waals surface area contributed by atoms with Gasteiger partial charge >= 0.3 is 11.9 Å². The van der Waals surface area contributed by atoms with Crippen molar-refractivity contribution in [1.29, 1.82) is 0 Å². The zero-order valence-corrected chi connectivity index (χ0v) is 12.5. The Morgan fingerprint density at radius 2 is 1.53 bits per heavy atom. The van der Waals surface area contributed by atoms with Crippen LogP contribution in [0.25, 0.3) is 0 Å². The second-order valence-electron chi connectivity index (χ2n) is 4.50. The number of rotatable bonds is 9. The smallest absolute Gasteiger partial charge is 0.324 e. The molecule has 0 atom stereocenters. The van der Waals surface area contributed by atoms with Crippen molar-refractivity contribution in [3.8, 4) is 0 Å². The minimum Gasteiger partial charge on any atom is -0.468 e. The monoisotopic (exact) mass is 270 g/mol. The van der Waals surface area contributed by atoms with Gasteiger partial charge in [-0.25, -0.2) is 0 Å². The molecule has 4 heteroatoms. The number of hydrogen-bond donors (Lipinski definition) is 0. The van der Waals surface area contributed by atoms with E-state index in [1.165, 1.54) is 14.2 Å². The van der Waals surface area contributed by atoms with E-state index >= 15 is 0 Å². The van der Waals surface area contributed by atoms with Crippen LogP contribution in [0.15, 0.2) is 11.6 Å². The van der Waals surface area contributed by atoms with Gasteiger partial charge in [0.05, 0.1) is 14.2 Å². The number of allylic oxidation sites excluding steroid dienone is 1. The van der Waals surface area contributed by atoms with Crippen molar-refractivity contribution in [1.82, 2.24) is 0 Å². The highest BCUT2D eigenvalue weighted by molar-refractivity contribution is 5.98. The van der Waals surface area contributed by atoms with Gasteiger partial charge in [0, 0.05) is 0 Å². The van der Waals surface area contributed by atoms with Gasteiger partial charge < -0.3 is 9.47 Å². The molecule has 0 aliphatic rings. The van der Waals surface area contributed by atoms with Crippen molar-refractivity contribution in [3.63, 3.8) is 0 Å². The van der Waals surface area contributed by atoms with E-state index in [4.69, 9.17) is 9.47 Å². The summed E-state index contributed by atoms with van der Waals surface area (Å²) < 4.78 is 9.44. The number of carbonyl (C=O) groups excluding carboxylic acids is 2. The number of carbonyl (C=O) groups is 2. The van der Waals surface area contributed by atoms with E-state index in [1.807, 2.05) is 6.08 Å². The number of esters is 2.